The highest BCUT2D eigenvalue weighted by Gasteiger charge is 2.80. The van der Waals surface area contributed by atoms with Gasteiger partial charge in [-0.05, 0) is 74.8 Å². The number of esters is 2. The number of benzene rings is 2. The van der Waals surface area contributed by atoms with Crippen molar-refractivity contribution >= 4 is 34.4 Å². The Balaban J connectivity index is 1.38. The molecule has 3 aromatic rings. The number of H-pyrrole nitrogens is 1. The van der Waals surface area contributed by atoms with Crippen LogP contribution in [0.5, 0.6) is 5.75 Å². The Morgan fingerprint density at radius 1 is 1.05 bits per heavy atom. The van der Waals surface area contributed by atoms with Crippen LogP contribution in [0.15, 0.2) is 60.2 Å². The summed E-state index contributed by atoms with van der Waals surface area (Å²) in [6.45, 7) is 12.0. The molecule has 314 valence electrons. The van der Waals surface area contributed by atoms with E-state index in [1.807, 2.05) is 37.9 Å². The number of amides is 1. The third-order valence-electron chi connectivity index (χ3n) is 15.2. The predicted octanol–water partition coefficient (Wildman–Crippen LogP) is 4.76. The first kappa shape index (κ1) is 39.8. The summed E-state index contributed by atoms with van der Waals surface area (Å²) < 4.78 is 18.1. The minimum atomic E-state index is -2.27. The molecule has 1 saturated heterocycles. The number of aliphatic hydroxyl groups is 1. The third-order valence-corrected chi connectivity index (χ3v) is 15.2. The lowest BCUT2D eigenvalue weighted by molar-refractivity contribution is -0.228. The Bertz CT molecular complexity index is 2280. The van der Waals surface area contributed by atoms with E-state index in [9.17, 15) is 14.7 Å². The number of aromatic nitrogens is 1. The predicted molar refractivity (Wildman–Crippen MR) is 226 cm³/mol. The molecule has 9 rings (SSSR count). The molecule has 6 heterocycles. The second kappa shape index (κ2) is 14.2. The molecule has 1 aliphatic carbocycles. The number of ether oxygens (including phenoxy) is 3. The first-order valence-corrected chi connectivity index (χ1v) is 21.5. The summed E-state index contributed by atoms with van der Waals surface area (Å²) in [4.78, 5) is 53.9. The molecule has 2 unspecified atom stereocenters. The first-order valence-electron chi connectivity index (χ1n) is 21.5. The van der Waals surface area contributed by atoms with Gasteiger partial charge in [0.2, 0.25) is 11.5 Å². The zero-order chi connectivity index (χ0) is 41.6. The molecule has 1 aromatic heterocycles. The molecule has 12 nitrogen and oxygen atoms in total. The van der Waals surface area contributed by atoms with Gasteiger partial charge in [-0.2, -0.15) is 0 Å². The van der Waals surface area contributed by atoms with Crippen molar-refractivity contribution < 1.29 is 33.7 Å². The van der Waals surface area contributed by atoms with Gasteiger partial charge in [-0.25, -0.2) is 4.79 Å². The molecule has 5 aliphatic heterocycles. The van der Waals surface area contributed by atoms with E-state index < -0.39 is 45.9 Å². The topological polar surface area (TPSA) is 137 Å². The number of fused-ring (bicyclic) bond motifs is 6. The van der Waals surface area contributed by atoms with Crippen LogP contribution in [0.2, 0.25) is 0 Å². The summed E-state index contributed by atoms with van der Waals surface area (Å²) in [5.74, 6) is -0.915. The number of hydrogen-bond acceptors (Lipinski definition) is 10. The summed E-state index contributed by atoms with van der Waals surface area (Å²) in [5, 5.41) is 17.8. The highest BCUT2D eigenvalue weighted by Crippen LogP contribution is 2.68. The minimum Gasteiger partial charge on any atom is -0.496 e. The maximum Gasteiger partial charge on any atom is 0.344 e. The second-order valence-electron chi connectivity index (χ2n) is 17.9. The van der Waals surface area contributed by atoms with Crippen molar-refractivity contribution in [2.45, 2.75) is 94.4 Å². The highest BCUT2D eigenvalue weighted by molar-refractivity contribution is 5.97. The average Bonchev–Trinajstić information content (AvgIpc) is 3.90. The average molecular weight is 806 g/mol. The van der Waals surface area contributed by atoms with E-state index in [2.05, 4.69) is 69.5 Å². The number of para-hydroxylation sites is 1. The fourth-order valence-electron chi connectivity index (χ4n) is 13.2. The van der Waals surface area contributed by atoms with E-state index in [4.69, 9.17) is 14.2 Å². The number of carbonyl (C=O) groups excluding carboxylic acids is 3. The largest absolute Gasteiger partial charge is 0.496 e. The molecular formula is C47H59N5O7. The van der Waals surface area contributed by atoms with Gasteiger partial charge >= 0.3 is 11.9 Å². The molecule has 6 aliphatic rings. The monoisotopic (exact) mass is 805 g/mol. The van der Waals surface area contributed by atoms with Gasteiger partial charge in [-0.3, -0.25) is 19.4 Å². The van der Waals surface area contributed by atoms with Gasteiger partial charge in [-0.1, -0.05) is 55.8 Å². The van der Waals surface area contributed by atoms with Gasteiger partial charge < -0.3 is 34.5 Å². The van der Waals surface area contributed by atoms with Crippen LogP contribution in [0.25, 0.3) is 10.9 Å². The van der Waals surface area contributed by atoms with Crippen LogP contribution < -0.4 is 15.0 Å². The van der Waals surface area contributed by atoms with Crippen LogP contribution in [0, 0.1) is 11.3 Å². The molecule has 1 saturated carbocycles. The Labute approximate surface area is 346 Å². The number of anilines is 1. The lowest BCUT2D eigenvalue weighted by Gasteiger charge is -2.63. The van der Waals surface area contributed by atoms with Gasteiger partial charge in [0.15, 0.2) is 6.10 Å². The number of carbonyl (C=O) groups is 3. The fourth-order valence-corrected chi connectivity index (χ4v) is 13.2. The van der Waals surface area contributed by atoms with Crippen LogP contribution >= 0.6 is 0 Å². The van der Waals surface area contributed by atoms with Crippen LogP contribution in [0.4, 0.5) is 5.69 Å². The summed E-state index contributed by atoms with van der Waals surface area (Å²) in [6, 6.07) is 11.4. The van der Waals surface area contributed by atoms with Crippen LogP contribution in [0.3, 0.4) is 0 Å². The van der Waals surface area contributed by atoms with Gasteiger partial charge in [-0.15, -0.1) is 0 Å². The molecule has 12 heteroatoms. The van der Waals surface area contributed by atoms with E-state index in [0.717, 1.165) is 71.5 Å². The molecule has 0 radical (unpaired) electrons. The zero-order valence-corrected chi connectivity index (χ0v) is 35.5. The quantitative estimate of drug-likeness (QED) is 0.216. The molecule has 1 spiro atoms. The summed E-state index contributed by atoms with van der Waals surface area (Å²) >= 11 is 0. The molecular weight excluding hydrogens is 747 g/mol. The standard InChI is InChI=1S/C47H59N5O7/c1-8-29-22-30-25-46(42(54)48-10-3,38-32(16-20-51(26-29)27-30)31-14-11-12-15-35(31)49-38)34-23-33-36(24-37(34)57-6)50(5)40-45(33)18-21-52-19-13-17-44(9-2,39(45)52)41(59-28(4)53)47(40,56)43(55)58-7/h11-15,17,22-24,30,39-41,49,56H,8-10,16,18-21,25-27H2,1-7H3,(H,48,54)/t30-,39-,40+,41+,44+,45?,46-,47-/m0/s1. The number of rotatable bonds is 8. The van der Waals surface area contributed by atoms with Crippen molar-refractivity contribution in [1.29, 1.82) is 0 Å². The Hall–Kier alpha value is -4.65. The number of nitrogens with zero attached hydrogens (tertiary/aromatic N) is 3. The van der Waals surface area contributed by atoms with Crippen molar-refractivity contribution in [1.82, 2.24) is 20.1 Å². The summed E-state index contributed by atoms with van der Waals surface area (Å²) in [6.07, 6.45) is 8.65. The molecule has 2 bridgehead atoms. The number of methoxy groups -OCH3 is 2. The Morgan fingerprint density at radius 2 is 1.85 bits per heavy atom. The normalized spacial score (nSPS) is 34.3. The SMILES string of the molecule is CCNC(=O)[C@]1(c2cc3c(cc2OC)N(C)[C@@H]2C34CCN3CC=C[C@](CC)([C@H]34)[C@@H](OC(C)=O)[C@]2(O)C(=O)OC)C[C@@H]2C=C(CC)CN(CCc3c1[nH]c1ccccc31)C2. The number of nitrogens with one attached hydrogen (secondary N) is 2. The van der Waals surface area contributed by atoms with Gasteiger partial charge in [0.25, 0.3) is 0 Å². The van der Waals surface area contributed by atoms with Crippen molar-refractivity contribution in [3.8, 4) is 5.75 Å². The lowest BCUT2D eigenvalue weighted by Crippen LogP contribution is -2.81. The smallest absolute Gasteiger partial charge is 0.344 e. The minimum absolute atomic E-state index is 0.0620. The number of aromatic amines is 1. The van der Waals surface area contributed by atoms with Crippen LogP contribution in [-0.4, -0.2) is 122 Å². The zero-order valence-electron chi connectivity index (χ0n) is 35.5. The highest BCUT2D eigenvalue weighted by atomic mass is 16.6. The van der Waals surface area contributed by atoms with Crippen molar-refractivity contribution in [2.75, 3.05) is 65.4 Å². The summed E-state index contributed by atoms with van der Waals surface area (Å²) in [5.41, 5.74) is 1.56. The molecule has 3 N–H and O–H groups in total. The second-order valence-corrected chi connectivity index (χ2v) is 17.9. The van der Waals surface area contributed by atoms with E-state index in [-0.39, 0.29) is 17.9 Å². The molecule has 2 fully saturated rings. The Morgan fingerprint density at radius 3 is 2.56 bits per heavy atom. The van der Waals surface area contributed by atoms with Crippen LogP contribution in [0.1, 0.15) is 75.8 Å². The van der Waals surface area contributed by atoms with E-state index in [1.54, 1.807) is 7.11 Å². The molecule has 9 atom stereocenters. The van der Waals surface area contributed by atoms with E-state index >= 15 is 4.79 Å². The number of likely N-dealkylation sites (N-methyl/N-ethyl adjacent to an activating group) is 2. The molecule has 59 heavy (non-hydrogen) atoms. The summed E-state index contributed by atoms with van der Waals surface area (Å²) in [7, 11) is 4.83. The maximum absolute atomic E-state index is 15.6. The third kappa shape index (κ3) is 5.27. The molecule has 2 aromatic carbocycles. The number of hydrogen-bond donors (Lipinski definition) is 3. The van der Waals surface area contributed by atoms with Gasteiger partial charge in [0, 0.05) is 97.5 Å². The van der Waals surface area contributed by atoms with Gasteiger partial charge in [0.1, 0.15) is 11.2 Å². The van der Waals surface area contributed by atoms with Crippen LogP contribution in [-0.2, 0) is 41.1 Å². The van der Waals surface area contributed by atoms with E-state index in [0.29, 0.717) is 44.6 Å². The van der Waals surface area contributed by atoms with E-state index in [1.165, 1.54) is 19.6 Å². The van der Waals surface area contributed by atoms with Crippen molar-refractivity contribution in [3.05, 3.63) is 82.6 Å². The lowest BCUT2D eigenvalue weighted by atomic mass is 9.47. The maximum atomic E-state index is 15.6. The van der Waals surface area contributed by atoms with Gasteiger partial charge in [0.05, 0.1) is 20.3 Å². The van der Waals surface area contributed by atoms with Crippen molar-refractivity contribution in [2.24, 2.45) is 11.3 Å². The first-order chi connectivity index (χ1) is 28.4. The molecule has 1 amide bonds. The fraction of sp³-hybridized carbons (Fsp3) is 0.553. The Kier molecular flexibility index (Phi) is 9.60. The van der Waals surface area contributed by atoms with Crippen molar-refractivity contribution in [3.63, 3.8) is 0 Å².